The zero-order chi connectivity index (χ0) is 18.9. The van der Waals surface area contributed by atoms with Gasteiger partial charge in [-0.2, -0.15) is 0 Å². The lowest BCUT2D eigenvalue weighted by atomic mass is 10.1. The molecule has 0 aliphatic carbocycles. The molecule has 1 N–H and O–H groups in total. The standard InChI is InChI=1S/C18H23N3O5/c1-18(2,3)26-16(23)14-10-19-9-13-15(22)21(17(24)20(13)14)25-11-12-7-5-4-6-8-12/h4-8,13-14,19H,9-11H2,1-3H3. The monoisotopic (exact) mass is 361 g/mol. The number of fused-ring (bicyclic) bond motifs is 1. The number of nitrogens with one attached hydrogen (secondary N) is 1. The van der Waals surface area contributed by atoms with E-state index in [9.17, 15) is 14.4 Å². The van der Waals surface area contributed by atoms with Crippen LogP contribution in [0.1, 0.15) is 26.3 Å². The lowest BCUT2D eigenvalue weighted by molar-refractivity contribution is -0.167. The molecule has 2 aliphatic heterocycles. The number of ether oxygens (including phenoxy) is 1. The van der Waals surface area contributed by atoms with Crippen molar-refractivity contribution >= 4 is 17.9 Å². The molecule has 2 saturated heterocycles. The number of nitrogens with zero attached hydrogens (tertiary/aromatic N) is 2. The molecule has 2 atom stereocenters. The molecular formula is C18H23N3O5. The van der Waals surface area contributed by atoms with Crippen LogP contribution in [0.4, 0.5) is 4.79 Å². The van der Waals surface area contributed by atoms with Gasteiger partial charge in [0.25, 0.3) is 5.91 Å². The number of carbonyl (C=O) groups is 3. The maximum Gasteiger partial charge on any atom is 0.353 e. The largest absolute Gasteiger partial charge is 0.458 e. The van der Waals surface area contributed by atoms with E-state index in [4.69, 9.17) is 9.57 Å². The summed E-state index contributed by atoms with van der Waals surface area (Å²) in [5, 5.41) is 3.77. The van der Waals surface area contributed by atoms with Crippen molar-refractivity contribution in [2.45, 2.75) is 45.1 Å². The molecule has 0 spiro atoms. The topological polar surface area (TPSA) is 88.2 Å². The lowest BCUT2D eigenvalue weighted by Crippen LogP contribution is -2.60. The molecule has 3 amide bonds. The lowest BCUT2D eigenvalue weighted by Gasteiger charge is -2.35. The van der Waals surface area contributed by atoms with Gasteiger partial charge in [-0.25, -0.2) is 9.59 Å². The Balaban J connectivity index is 1.73. The quantitative estimate of drug-likeness (QED) is 0.637. The predicted molar refractivity (Wildman–Crippen MR) is 91.6 cm³/mol. The number of benzene rings is 1. The minimum atomic E-state index is -0.866. The number of hydroxylamine groups is 2. The molecule has 3 rings (SSSR count). The highest BCUT2D eigenvalue weighted by atomic mass is 16.7. The van der Waals surface area contributed by atoms with E-state index in [0.29, 0.717) is 0 Å². The summed E-state index contributed by atoms with van der Waals surface area (Å²) >= 11 is 0. The van der Waals surface area contributed by atoms with Crippen LogP contribution in [0, 0.1) is 0 Å². The highest BCUT2D eigenvalue weighted by Gasteiger charge is 2.53. The van der Waals surface area contributed by atoms with Gasteiger partial charge in [-0.3, -0.25) is 14.5 Å². The van der Waals surface area contributed by atoms with Gasteiger partial charge < -0.3 is 10.1 Å². The third-order valence-corrected chi connectivity index (χ3v) is 4.11. The SMILES string of the molecule is CC(C)(C)OC(=O)C1CNCC2C(=O)N(OCc3ccccc3)C(=O)N12. The van der Waals surface area contributed by atoms with Crippen LogP contribution in [-0.4, -0.2) is 58.6 Å². The van der Waals surface area contributed by atoms with Crippen molar-refractivity contribution in [2.75, 3.05) is 13.1 Å². The number of piperazine rings is 1. The zero-order valence-electron chi connectivity index (χ0n) is 15.1. The molecule has 1 aromatic carbocycles. The summed E-state index contributed by atoms with van der Waals surface area (Å²) in [7, 11) is 0. The van der Waals surface area contributed by atoms with Crippen LogP contribution in [0.15, 0.2) is 30.3 Å². The third-order valence-electron chi connectivity index (χ3n) is 4.11. The van der Waals surface area contributed by atoms with Crippen LogP contribution in [-0.2, 0) is 25.8 Å². The van der Waals surface area contributed by atoms with E-state index in [1.807, 2.05) is 30.3 Å². The smallest absolute Gasteiger partial charge is 0.353 e. The third kappa shape index (κ3) is 3.71. The van der Waals surface area contributed by atoms with Gasteiger partial charge in [-0.1, -0.05) is 30.3 Å². The van der Waals surface area contributed by atoms with Crippen molar-refractivity contribution in [3.8, 4) is 0 Å². The molecule has 0 radical (unpaired) electrons. The molecule has 0 aromatic heterocycles. The van der Waals surface area contributed by atoms with E-state index in [2.05, 4.69) is 5.32 Å². The second-order valence-electron chi connectivity index (χ2n) is 7.30. The molecule has 26 heavy (non-hydrogen) atoms. The van der Waals surface area contributed by atoms with E-state index in [-0.39, 0.29) is 19.7 Å². The van der Waals surface area contributed by atoms with Gasteiger partial charge in [0.05, 0.1) is 0 Å². The Bertz CT molecular complexity index is 701. The Morgan fingerprint density at radius 2 is 1.88 bits per heavy atom. The van der Waals surface area contributed by atoms with Crippen LogP contribution >= 0.6 is 0 Å². The van der Waals surface area contributed by atoms with Crippen molar-refractivity contribution in [3.63, 3.8) is 0 Å². The highest BCUT2D eigenvalue weighted by molar-refractivity contribution is 6.05. The summed E-state index contributed by atoms with van der Waals surface area (Å²) in [6.45, 7) is 5.86. The summed E-state index contributed by atoms with van der Waals surface area (Å²) in [6.07, 6.45) is 0. The fraction of sp³-hybridized carbons (Fsp3) is 0.500. The van der Waals surface area contributed by atoms with Crippen molar-refractivity contribution in [2.24, 2.45) is 0 Å². The Labute approximate surface area is 152 Å². The molecule has 0 saturated carbocycles. The van der Waals surface area contributed by atoms with E-state index < -0.39 is 35.6 Å². The number of hydrogen-bond acceptors (Lipinski definition) is 6. The number of hydrogen-bond donors (Lipinski definition) is 1. The summed E-state index contributed by atoms with van der Waals surface area (Å²) < 4.78 is 5.39. The van der Waals surface area contributed by atoms with Gasteiger partial charge in [0, 0.05) is 13.1 Å². The van der Waals surface area contributed by atoms with Gasteiger partial charge in [-0.15, -0.1) is 5.06 Å². The minimum absolute atomic E-state index is 0.0867. The first-order valence-corrected chi connectivity index (χ1v) is 8.54. The molecule has 1 aromatic rings. The first-order valence-electron chi connectivity index (χ1n) is 8.54. The van der Waals surface area contributed by atoms with Gasteiger partial charge >= 0.3 is 12.0 Å². The summed E-state index contributed by atoms with van der Waals surface area (Å²) in [6, 6.07) is 6.96. The van der Waals surface area contributed by atoms with Gasteiger partial charge in [0.15, 0.2) is 0 Å². The van der Waals surface area contributed by atoms with Crippen molar-refractivity contribution in [1.82, 2.24) is 15.3 Å². The number of carbonyl (C=O) groups excluding carboxylic acids is 3. The Kier molecular flexibility index (Phi) is 4.97. The van der Waals surface area contributed by atoms with Crippen LogP contribution in [0.25, 0.3) is 0 Å². The van der Waals surface area contributed by atoms with Crippen LogP contribution < -0.4 is 5.32 Å². The van der Waals surface area contributed by atoms with E-state index in [0.717, 1.165) is 10.6 Å². The molecule has 8 nitrogen and oxygen atoms in total. The Morgan fingerprint density at radius 3 is 2.54 bits per heavy atom. The second kappa shape index (κ2) is 7.05. The van der Waals surface area contributed by atoms with Gasteiger partial charge in [0.1, 0.15) is 24.3 Å². The molecule has 2 heterocycles. The molecule has 0 bridgehead atoms. The normalized spacial score (nSPS) is 23.2. The van der Waals surface area contributed by atoms with Crippen LogP contribution in [0.2, 0.25) is 0 Å². The molecule has 2 fully saturated rings. The average molecular weight is 361 g/mol. The molecule has 8 heteroatoms. The number of esters is 1. The average Bonchev–Trinajstić information content (AvgIpc) is 2.83. The molecular weight excluding hydrogens is 338 g/mol. The maximum atomic E-state index is 12.7. The predicted octanol–water partition coefficient (Wildman–Crippen LogP) is 1.06. The van der Waals surface area contributed by atoms with Crippen molar-refractivity contribution in [3.05, 3.63) is 35.9 Å². The van der Waals surface area contributed by atoms with Crippen molar-refractivity contribution < 1.29 is 24.0 Å². The van der Waals surface area contributed by atoms with Gasteiger partial charge in [0.2, 0.25) is 0 Å². The number of imide groups is 1. The number of urea groups is 1. The summed E-state index contributed by atoms with van der Waals surface area (Å²) in [5.74, 6) is -1.02. The Hall–Kier alpha value is -2.45. The first-order chi connectivity index (χ1) is 12.3. The fourth-order valence-electron chi connectivity index (χ4n) is 2.98. The molecule has 2 aliphatic rings. The maximum absolute atomic E-state index is 12.7. The second-order valence-corrected chi connectivity index (χ2v) is 7.30. The minimum Gasteiger partial charge on any atom is -0.458 e. The number of amides is 3. The highest BCUT2D eigenvalue weighted by Crippen LogP contribution is 2.25. The van der Waals surface area contributed by atoms with Crippen LogP contribution in [0.3, 0.4) is 0 Å². The fourth-order valence-corrected chi connectivity index (χ4v) is 2.98. The zero-order valence-corrected chi connectivity index (χ0v) is 15.1. The van der Waals surface area contributed by atoms with Gasteiger partial charge in [-0.05, 0) is 26.3 Å². The molecule has 140 valence electrons. The molecule has 2 unspecified atom stereocenters. The Morgan fingerprint density at radius 1 is 1.19 bits per heavy atom. The van der Waals surface area contributed by atoms with Crippen LogP contribution in [0.5, 0.6) is 0 Å². The summed E-state index contributed by atoms with van der Waals surface area (Å²) in [4.78, 5) is 44.5. The van der Waals surface area contributed by atoms with Crippen molar-refractivity contribution in [1.29, 1.82) is 0 Å². The number of rotatable bonds is 4. The van der Waals surface area contributed by atoms with E-state index in [1.54, 1.807) is 20.8 Å². The van der Waals surface area contributed by atoms with E-state index >= 15 is 0 Å². The van der Waals surface area contributed by atoms with E-state index in [1.165, 1.54) is 4.90 Å². The summed E-state index contributed by atoms with van der Waals surface area (Å²) in [5.41, 5.74) is 0.153. The first kappa shape index (κ1) is 18.3.